The highest BCUT2D eigenvalue weighted by Crippen LogP contribution is 2.34. The molecule has 0 radical (unpaired) electrons. The number of amides is 1. The first kappa shape index (κ1) is 25.0. The molecule has 0 fully saturated rings. The molecule has 0 aromatic heterocycles. The Morgan fingerprint density at radius 2 is 1.48 bits per heavy atom. The second kappa shape index (κ2) is 9.08. The van der Waals surface area contributed by atoms with Crippen molar-refractivity contribution >= 4 is 33.4 Å². The number of nitrogens with zero attached hydrogens (tertiary/aromatic N) is 1. The highest BCUT2D eigenvalue weighted by molar-refractivity contribution is 8.03. The van der Waals surface area contributed by atoms with Crippen molar-refractivity contribution in [1.29, 1.82) is 0 Å². The average Bonchev–Trinajstić information content (AvgIpc) is 2.65. The molecule has 0 N–H and O–H groups in total. The minimum Gasteiger partial charge on any atom is -0.268 e. The van der Waals surface area contributed by atoms with Crippen molar-refractivity contribution in [2.24, 2.45) is 0 Å². The first-order valence-corrected chi connectivity index (χ1v) is 11.6. The molecule has 0 saturated heterocycles. The number of rotatable bonds is 5. The number of hydrogen-bond acceptors (Lipinski definition) is 4. The maximum absolute atomic E-state index is 13.3. The van der Waals surface area contributed by atoms with Crippen molar-refractivity contribution in [3.8, 4) is 0 Å². The molecule has 2 rings (SSSR count). The fourth-order valence-corrected chi connectivity index (χ4v) is 4.51. The molecule has 168 valence electrons. The number of aryl methyl sites for hydroxylation is 1. The van der Waals surface area contributed by atoms with Gasteiger partial charge < -0.3 is 0 Å². The third-order valence-corrected chi connectivity index (χ3v) is 6.88. The number of alkyl halides is 3. The largest absolute Gasteiger partial charge is 0.445 e. The van der Waals surface area contributed by atoms with Crippen molar-refractivity contribution in [3.63, 3.8) is 0 Å². The van der Waals surface area contributed by atoms with E-state index in [1.165, 1.54) is 24.3 Å². The van der Waals surface area contributed by atoms with E-state index >= 15 is 0 Å². The summed E-state index contributed by atoms with van der Waals surface area (Å²) in [5, 5.41) is 0.615. The maximum Gasteiger partial charge on any atom is 0.445 e. The van der Waals surface area contributed by atoms with Crippen molar-refractivity contribution in [3.05, 3.63) is 70.6 Å². The second-order valence-electron chi connectivity index (χ2n) is 8.05. The van der Waals surface area contributed by atoms with E-state index in [9.17, 15) is 26.4 Å². The Bertz CT molecular complexity index is 1070. The molecule has 4 nitrogen and oxygen atoms in total. The normalized spacial score (nSPS) is 13.2. The summed E-state index contributed by atoms with van der Waals surface area (Å²) in [5.41, 5.74) is -3.36. The average molecular weight is 472 g/mol. The monoisotopic (exact) mass is 471 g/mol. The van der Waals surface area contributed by atoms with Gasteiger partial charge >= 0.3 is 5.51 Å². The number of anilines is 1. The molecule has 0 unspecified atom stereocenters. The van der Waals surface area contributed by atoms with Crippen LogP contribution < -0.4 is 4.31 Å². The van der Waals surface area contributed by atoms with Crippen molar-refractivity contribution in [2.75, 3.05) is 4.31 Å². The first-order valence-electron chi connectivity index (χ1n) is 9.31. The Morgan fingerprint density at radius 1 is 0.968 bits per heavy atom. The maximum atomic E-state index is 13.3. The van der Waals surface area contributed by atoms with E-state index in [0.29, 0.717) is 9.71 Å². The van der Waals surface area contributed by atoms with Crippen LogP contribution in [0.4, 0.5) is 18.9 Å². The van der Waals surface area contributed by atoms with E-state index < -0.39 is 33.2 Å². The molecule has 0 atom stereocenters. The summed E-state index contributed by atoms with van der Waals surface area (Å²) in [6, 6.07) is 12.2. The molecule has 2 aromatic rings. The SMILES string of the molecule is CC(=CSC(F)(F)F)C(=O)N(c1ccc(C(C)(C)C)cc1)S(=O)(=O)c1ccc(C)cc1. The zero-order valence-corrected chi connectivity index (χ0v) is 19.5. The molecule has 2 aromatic carbocycles. The quantitative estimate of drug-likeness (QED) is 0.489. The lowest BCUT2D eigenvalue weighted by Crippen LogP contribution is -2.37. The van der Waals surface area contributed by atoms with E-state index in [-0.39, 0.29) is 21.6 Å². The number of hydrogen-bond donors (Lipinski definition) is 0. The number of thioether (sulfide) groups is 1. The van der Waals surface area contributed by atoms with Gasteiger partial charge in [0.15, 0.2) is 0 Å². The summed E-state index contributed by atoms with van der Waals surface area (Å²) in [5.74, 6) is -1.05. The molecule has 31 heavy (non-hydrogen) atoms. The highest BCUT2D eigenvalue weighted by atomic mass is 32.2. The van der Waals surface area contributed by atoms with Crippen LogP contribution in [0.15, 0.2) is 64.4 Å². The van der Waals surface area contributed by atoms with Gasteiger partial charge in [0.05, 0.1) is 10.6 Å². The standard InChI is InChI=1S/C22H24F3NO3S2/c1-15-6-12-19(13-7-15)31(28,29)26(20(27)16(2)14-30-22(23,24)25)18-10-8-17(9-11-18)21(3,4)5/h6-14H,1-5H3. The van der Waals surface area contributed by atoms with Crippen LogP contribution in [0, 0.1) is 6.92 Å². The molecule has 0 spiro atoms. The van der Waals surface area contributed by atoms with Gasteiger partial charge in [0.25, 0.3) is 15.9 Å². The molecule has 0 aliphatic rings. The van der Waals surface area contributed by atoms with E-state index in [1.54, 1.807) is 31.2 Å². The van der Waals surface area contributed by atoms with E-state index in [0.717, 1.165) is 18.1 Å². The fraction of sp³-hybridized carbons (Fsp3) is 0.318. The lowest BCUT2D eigenvalue weighted by Gasteiger charge is -2.25. The van der Waals surface area contributed by atoms with Crippen LogP contribution in [-0.4, -0.2) is 19.8 Å². The van der Waals surface area contributed by atoms with Gasteiger partial charge in [-0.15, -0.1) is 0 Å². The molecule has 0 bridgehead atoms. The third kappa shape index (κ3) is 6.36. The Balaban J connectivity index is 2.59. The second-order valence-corrected chi connectivity index (χ2v) is 10.8. The molecule has 0 saturated carbocycles. The first-order chi connectivity index (χ1) is 14.1. The van der Waals surface area contributed by atoms with Crippen molar-refractivity contribution in [1.82, 2.24) is 0 Å². The van der Waals surface area contributed by atoms with Gasteiger partial charge in [0, 0.05) is 5.57 Å². The van der Waals surface area contributed by atoms with Gasteiger partial charge in [-0.05, 0) is 66.3 Å². The minimum atomic E-state index is -4.59. The Hall–Kier alpha value is -2.26. The molecule has 0 heterocycles. The Morgan fingerprint density at radius 3 is 1.94 bits per heavy atom. The Labute approximate surface area is 185 Å². The van der Waals surface area contributed by atoms with Gasteiger partial charge in [0.1, 0.15) is 0 Å². The minimum absolute atomic E-state index is 0.0448. The van der Waals surface area contributed by atoms with E-state index in [2.05, 4.69) is 0 Å². The van der Waals surface area contributed by atoms with Gasteiger partial charge in [-0.25, -0.2) is 8.42 Å². The van der Waals surface area contributed by atoms with Crippen LogP contribution in [0.5, 0.6) is 0 Å². The van der Waals surface area contributed by atoms with Gasteiger partial charge in [0.2, 0.25) is 0 Å². The number of sulfonamides is 1. The summed E-state index contributed by atoms with van der Waals surface area (Å²) in [6.45, 7) is 8.88. The fourth-order valence-electron chi connectivity index (χ4n) is 2.64. The van der Waals surface area contributed by atoms with Crippen molar-refractivity contribution in [2.45, 2.75) is 50.4 Å². The Kier molecular flexibility index (Phi) is 7.32. The van der Waals surface area contributed by atoms with Gasteiger partial charge in [-0.1, -0.05) is 50.6 Å². The summed E-state index contributed by atoms with van der Waals surface area (Å²) >= 11 is -0.508. The zero-order chi connectivity index (χ0) is 23.6. The van der Waals surface area contributed by atoms with Crippen LogP contribution in [0.25, 0.3) is 0 Å². The van der Waals surface area contributed by atoms with Gasteiger partial charge in [-0.3, -0.25) is 4.79 Å². The van der Waals surface area contributed by atoms with E-state index in [4.69, 9.17) is 0 Å². The lowest BCUT2D eigenvalue weighted by molar-refractivity contribution is -0.114. The molecule has 9 heteroatoms. The van der Waals surface area contributed by atoms with Gasteiger partial charge in [-0.2, -0.15) is 17.5 Å². The van der Waals surface area contributed by atoms with Crippen LogP contribution in [0.1, 0.15) is 38.8 Å². The van der Waals surface area contributed by atoms with Crippen LogP contribution in [0.3, 0.4) is 0 Å². The highest BCUT2D eigenvalue weighted by Gasteiger charge is 2.33. The predicted octanol–water partition coefficient (Wildman–Crippen LogP) is 6.17. The zero-order valence-electron chi connectivity index (χ0n) is 17.8. The molecule has 1 amide bonds. The molecular formula is C22H24F3NO3S2. The number of benzene rings is 2. The van der Waals surface area contributed by atoms with Crippen LogP contribution >= 0.6 is 11.8 Å². The lowest BCUT2D eigenvalue weighted by atomic mass is 9.87. The number of carbonyl (C=O) groups is 1. The smallest absolute Gasteiger partial charge is 0.268 e. The topological polar surface area (TPSA) is 54.5 Å². The number of carbonyl (C=O) groups excluding carboxylic acids is 1. The summed E-state index contributed by atoms with van der Waals surface area (Å²) in [6.07, 6.45) is 0. The summed E-state index contributed by atoms with van der Waals surface area (Å²) in [7, 11) is -4.36. The van der Waals surface area contributed by atoms with E-state index in [1.807, 2.05) is 20.8 Å². The van der Waals surface area contributed by atoms with Crippen molar-refractivity contribution < 1.29 is 26.4 Å². The summed E-state index contributed by atoms with van der Waals surface area (Å²) < 4.78 is 64.9. The molecule has 0 aliphatic heterocycles. The molecular weight excluding hydrogens is 447 g/mol. The number of halogens is 3. The predicted molar refractivity (Wildman–Crippen MR) is 118 cm³/mol. The molecule has 0 aliphatic carbocycles. The van der Waals surface area contributed by atoms with Crippen LogP contribution in [0.2, 0.25) is 0 Å². The summed E-state index contributed by atoms with van der Waals surface area (Å²) in [4.78, 5) is 12.9. The third-order valence-electron chi connectivity index (χ3n) is 4.42. The van der Waals surface area contributed by atoms with Crippen LogP contribution in [-0.2, 0) is 20.2 Å².